The summed E-state index contributed by atoms with van der Waals surface area (Å²) in [7, 11) is 1.64. The van der Waals surface area contributed by atoms with Crippen LogP contribution in [0.25, 0.3) is 0 Å². The molecule has 2 rings (SSSR count). The summed E-state index contributed by atoms with van der Waals surface area (Å²) in [5.41, 5.74) is 2.34. The van der Waals surface area contributed by atoms with Crippen molar-refractivity contribution in [3.8, 4) is 0 Å². The van der Waals surface area contributed by atoms with E-state index in [2.05, 4.69) is 34.4 Å². The molecule has 1 heterocycles. The number of methoxy groups -OCH3 is 1. The van der Waals surface area contributed by atoms with Crippen molar-refractivity contribution < 1.29 is 9.53 Å². The number of allylic oxidation sites excluding steroid dienone is 1. The minimum absolute atomic E-state index is 0.0567. The van der Waals surface area contributed by atoms with Crippen LogP contribution in [0.1, 0.15) is 40.5 Å². The Hall–Kier alpha value is -2.41. The normalized spacial score (nSPS) is 15.7. The molecule has 0 aromatic carbocycles. The minimum Gasteiger partial charge on any atom is -0.383 e. The fourth-order valence-electron chi connectivity index (χ4n) is 2.66. The van der Waals surface area contributed by atoms with E-state index in [1.807, 2.05) is 27.0 Å². The largest absolute Gasteiger partial charge is 0.383 e. The molecule has 1 aliphatic rings. The molecule has 7 heteroatoms. The zero-order valence-electron chi connectivity index (χ0n) is 16.3. The smallest absolute Gasteiger partial charge is 0.257 e. The first-order valence-electron chi connectivity index (χ1n) is 8.77. The molecule has 1 amide bonds. The van der Waals surface area contributed by atoms with Crippen molar-refractivity contribution in [1.29, 1.82) is 0 Å². The number of carbonyl (C=O) groups excluding carboxylic acids is 1. The Labute approximate surface area is 155 Å². The molecule has 1 aromatic rings. The van der Waals surface area contributed by atoms with Crippen LogP contribution in [0.2, 0.25) is 0 Å². The molecule has 0 aliphatic heterocycles. The van der Waals surface area contributed by atoms with Crippen molar-refractivity contribution in [3.05, 3.63) is 34.8 Å². The molecule has 142 valence electrons. The number of anilines is 1. The van der Waals surface area contributed by atoms with E-state index in [4.69, 9.17) is 4.74 Å². The monoisotopic (exact) mass is 359 g/mol. The van der Waals surface area contributed by atoms with Gasteiger partial charge >= 0.3 is 0 Å². The number of ether oxygens (including phenoxy) is 1. The van der Waals surface area contributed by atoms with Gasteiger partial charge in [0.05, 0.1) is 13.2 Å². The number of rotatable bonds is 9. The number of amides is 1. The Bertz CT molecular complexity index is 737. The standard InChI is InChI=1S/C19H29N5O2/c1-13(2)16(14(3)17(20-5)22-19(4)8-9-19)18(25)21-15-7-10-24(23-15)11-12-26-6/h7,10,22H,5,8-9,11-12H2,1-4,6H3,(H,21,23,25)/b17-14-. The molecular weight excluding hydrogens is 330 g/mol. The zero-order valence-corrected chi connectivity index (χ0v) is 16.3. The van der Waals surface area contributed by atoms with Gasteiger partial charge < -0.3 is 15.4 Å². The van der Waals surface area contributed by atoms with E-state index in [-0.39, 0.29) is 11.4 Å². The lowest BCUT2D eigenvalue weighted by Crippen LogP contribution is -2.28. The highest BCUT2D eigenvalue weighted by Crippen LogP contribution is 2.36. The molecular formula is C19H29N5O2. The van der Waals surface area contributed by atoms with Crippen molar-refractivity contribution in [2.24, 2.45) is 4.99 Å². The lowest BCUT2D eigenvalue weighted by Gasteiger charge is -2.18. The van der Waals surface area contributed by atoms with E-state index in [9.17, 15) is 4.79 Å². The van der Waals surface area contributed by atoms with Crippen LogP contribution in [-0.2, 0) is 16.1 Å². The van der Waals surface area contributed by atoms with Gasteiger partial charge in [-0.1, -0.05) is 5.57 Å². The Kier molecular flexibility index (Phi) is 6.37. The highest BCUT2D eigenvalue weighted by atomic mass is 16.5. The van der Waals surface area contributed by atoms with Crippen LogP contribution in [0.15, 0.2) is 39.8 Å². The van der Waals surface area contributed by atoms with Crippen LogP contribution in [0, 0.1) is 0 Å². The fraction of sp³-hybridized carbons (Fsp3) is 0.526. The Balaban J connectivity index is 2.18. The van der Waals surface area contributed by atoms with Crippen LogP contribution < -0.4 is 10.6 Å². The maximum absolute atomic E-state index is 12.9. The maximum Gasteiger partial charge on any atom is 0.257 e. The first kappa shape index (κ1) is 19.9. The summed E-state index contributed by atoms with van der Waals surface area (Å²) in [6.45, 7) is 12.7. The highest BCUT2D eigenvalue weighted by molar-refractivity contribution is 6.07. The second-order valence-corrected chi connectivity index (χ2v) is 7.10. The molecule has 0 unspecified atom stereocenters. The van der Waals surface area contributed by atoms with Gasteiger partial charge in [0.1, 0.15) is 5.82 Å². The first-order valence-corrected chi connectivity index (χ1v) is 8.77. The molecule has 1 saturated carbocycles. The van der Waals surface area contributed by atoms with Gasteiger partial charge in [0.2, 0.25) is 0 Å². The summed E-state index contributed by atoms with van der Waals surface area (Å²) < 4.78 is 6.77. The molecule has 0 saturated heterocycles. The van der Waals surface area contributed by atoms with Crippen molar-refractivity contribution >= 4 is 18.4 Å². The molecule has 2 N–H and O–H groups in total. The number of nitrogens with one attached hydrogen (secondary N) is 2. The average Bonchev–Trinajstić information content (AvgIpc) is 3.14. The average molecular weight is 359 g/mol. The summed E-state index contributed by atoms with van der Waals surface area (Å²) in [5.74, 6) is 0.957. The summed E-state index contributed by atoms with van der Waals surface area (Å²) in [6.07, 6.45) is 3.99. The number of aliphatic imine (C=N–C) groups is 1. The number of aromatic nitrogens is 2. The molecule has 26 heavy (non-hydrogen) atoms. The van der Waals surface area contributed by atoms with E-state index in [0.717, 1.165) is 24.0 Å². The van der Waals surface area contributed by atoms with Gasteiger partial charge in [0.25, 0.3) is 5.91 Å². The van der Waals surface area contributed by atoms with Crippen LogP contribution >= 0.6 is 0 Å². The van der Waals surface area contributed by atoms with E-state index in [1.165, 1.54) is 0 Å². The fourth-order valence-corrected chi connectivity index (χ4v) is 2.66. The summed E-state index contributed by atoms with van der Waals surface area (Å²) in [6, 6.07) is 1.77. The molecule has 0 spiro atoms. The molecule has 7 nitrogen and oxygen atoms in total. The van der Waals surface area contributed by atoms with Crippen LogP contribution in [0.3, 0.4) is 0 Å². The van der Waals surface area contributed by atoms with E-state index in [1.54, 1.807) is 17.9 Å². The van der Waals surface area contributed by atoms with E-state index >= 15 is 0 Å². The SMILES string of the molecule is C=N/C(NC1(C)CC1)=C(\C)C(C(=O)Nc1ccn(CCOC)n1)=C(C)C. The van der Waals surface area contributed by atoms with Crippen LogP contribution in [0.4, 0.5) is 5.82 Å². The van der Waals surface area contributed by atoms with Gasteiger partial charge in [0.15, 0.2) is 5.82 Å². The third kappa shape index (κ3) is 5.05. The summed E-state index contributed by atoms with van der Waals surface area (Å²) >= 11 is 0. The predicted molar refractivity (Wildman–Crippen MR) is 104 cm³/mol. The molecule has 0 bridgehead atoms. The summed E-state index contributed by atoms with van der Waals surface area (Å²) in [5, 5.41) is 10.6. The molecule has 1 fully saturated rings. The Morgan fingerprint density at radius 3 is 2.65 bits per heavy atom. The number of hydrogen-bond acceptors (Lipinski definition) is 5. The molecule has 0 radical (unpaired) electrons. The number of hydrogen-bond donors (Lipinski definition) is 2. The minimum atomic E-state index is -0.205. The Morgan fingerprint density at radius 1 is 1.42 bits per heavy atom. The molecule has 1 aliphatic carbocycles. The van der Waals surface area contributed by atoms with Crippen molar-refractivity contribution in [2.45, 2.75) is 52.6 Å². The molecule has 1 aromatic heterocycles. The topological polar surface area (TPSA) is 80.5 Å². The Morgan fingerprint density at radius 2 is 2.12 bits per heavy atom. The van der Waals surface area contributed by atoms with Crippen molar-refractivity contribution in [1.82, 2.24) is 15.1 Å². The van der Waals surface area contributed by atoms with Gasteiger partial charge in [-0.2, -0.15) is 5.10 Å². The quantitative estimate of drug-likeness (QED) is 0.404. The molecule has 0 atom stereocenters. The van der Waals surface area contributed by atoms with Crippen LogP contribution in [0.5, 0.6) is 0 Å². The number of carbonyl (C=O) groups is 1. The van der Waals surface area contributed by atoms with E-state index in [0.29, 0.717) is 30.4 Å². The number of nitrogens with zero attached hydrogens (tertiary/aromatic N) is 3. The third-order valence-corrected chi connectivity index (χ3v) is 4.44. The lowest BCUT2D eigenvalue weighted by atomic mass is 10.0. The van der Waals surface area contributed by atoms with Gasteiger partial charge in [-0.05, 0) is 47.3 Å². The predicted octanol–water partition coefficient (Wildman–Crippen LogP) is 2.88. The van der Waals surface area contributed by atoms with E-state index < -0.39 is 0 Å². The second-order valence-electron chi connectivity index (χ2n) is 7.10. The maximum atomic E-state index is 12.9. The third-order valence-electron chi connectivity index (χ3n) is 4.44. The van der Waals surface area contributed by atoms with Gasteiger partial charge in [-0.25, -0.2) is 4.99 Å². The first-order chi connectivity index (χ1) is 12.3. The summed E-state index contributed by atoms with van der Waals surface area (Å²) in [4.78, 5) is 17.0. The van der Waals surface area contributed by atoms with Crippen molar-refractivity contribution in [3.63, 3.8) is 0 Å². The second kappa shape index (κ2) is 8.31. The van der Waals surface area contributed by atoms with Gasteiger partial charge in [-0.3, -0.25) is 9.48 Å². The van der Waals surface area contributed by atoms with Gasteiger partial charge in [0, 0.05) is 36.1 Å². The van der Waals surface area contributed by atoms with Crippen LogP contribution in [-0.4, -0.2) is 41.7 Å². The van der Waals surface area contributed by atoms with Gasteiger partial charge in [-0.15, -0.1) is 0 Å². The highest BCUT2D eigenvalue weighted by Gasteiger charge is 2.38. The lowest BCUT2D eigenvalue weighted by molar-refractivity contribution is -0.112. The van der Waals surface area contributed by atoms with Crippen molar-refractivity contribution in [2.75, 3.05) is 19.0 Å². The zero-order chi connectivity index (χ0) is 19.3.